The Morgan fingerprint density at radius 2 is 1.90 bits per heavy atom. The summed E-state index contributed by atoms with van der Waals surface area (Å²) in [5.74, 6) is -0.538. The van der Waals surface area contributed by atoms with Crippen molar-refractivity contribution in [2.75, 3.05) is 18.6 Å². The Labute approximate surface area is 129 Å². The molecule has 0 bridgehead atoms. The van der Waals surface area contributed by atoms with Gasteiger partial charge in [0, 0.05) is 11.6 Å². The number of carbonyl (C=O) groups excluding carboxylic acids is 2. The lowest BCUT2D eigenvalue weighted by atomic mass is 10.1. The van der Waals surface area contributed by atoms with Crippen molar-refractivity contribution in [2.45, 2.75) is 33.3 Å². The van der Waals surface area contributed by atoms with Crippen molar-refractivity contribution in [1.82, 2.24) is 0 Å². The highest BCUT2D eigenvalue weighted by Crippen LogP contribution is 2.27. The molecule has 0 N–H and O–H groups in total. The molecule has 0 aliphatic heterocycles. The van der Waals surface area contributed by atoms with Crippen LogP contribution >= 0.6 is 11.6 Å². The van der Waals surface area contributed by atoms with E-state index in [1.54, 1.807) is 39.8 Å². The molecule has 1 aromatic carbocycles. The highest BCUT2D eigenvalue weighted by atomic mass is 35.5. The van der Waals surface area contributed by atoms with E-state index >= 15 is 0 Å². The Kier molecular flexibility index (Phi) is 5.61. The van der Waals surface area contributed by atoms with Crippen LogP contribution in [0.25, 0.3) is 0 Å². The van der Waals surface area contributed by atoms with E-state index in [1.807, 2.05) is 0 Å². The Morgan fingerprint density at radius 3 is 2.38 bits per heavy atom. The van der Waals surface area contributed by atoms with Gasteiger partial charge in [0.25, 0.3) is 0 Å². The SMILES string of the molecule is CCN(C(=O)OC(C)(C)C)c1cc(Cl)ccc1C(=O)OC. The van der Waals surface area contributed by atoms with Gasteiger partial charge in [-0.25, -0.2) is 9.59 Å². The summed E-state index contributed by atoms with van der Waals surface area (Å²) in [5, 5.41) is 0.416. The van der Waals surface area contributed by atoms with Crippen molar-refractivity contribution in [3.63, 3.8) is 0 Å². The molecule has 21 heavy (non-hydrogen) atoms. The number of ether oxygens (including phenoxy) is 2. The number of benzene rings is 1. The molecule has 116 valence electrons. The summed E-state index contributed by atoms with van der Waals surface area (Å²) >= 11 is 5.97. The number of methoxy groups -OCH3 is 1. The maximum Gasteiger partial charge on any atom is 0.414 e. The molecule has 0 heterocycles. The van der Waals surface area contributed by atoms with Gasteiger partial charge in [0.2, 0.25) is 0 Å². The number of anilines is 1. The van der Waals surface area contributed by atoms with Gasteiger partial charge in [0.1, 0.15) is 5.60 Å². The molecule has 0 aliphatic carbocycles. The van der Waals surface area contributed by atoms with Crippen LogP contribution in [0.3, 0.4) is 0 Å². The molecule has 0 saturated carbocycles. The Balaban J connectivity index is 3.24. The van der Waals surface area contributed by atoms with Crippen LogP contribution in [0.1, 0.15) is 38.1 Å². The number of amides is 1. The molecule has 0 fully saturated rings. The van der Waals surface area contributed by atoms with Crippen LogP contribution < -0.4 is 4.90 Å². The van der Waals surface area contributed by atoms with Gasteiger partial charge in [0.05, 0.1) is 18.4 Å². The van der Waals surface area contributed by atoms with Crippen LogP contribution in [0.5, 0.6) is 0 Å². The zero-order valence-corrected chi connectivity index (χ0v) is 13.7. The maximum atomic E-state index is 12.3. The third-order valence-electron chi connectivity index (χ3n) is 2.59. The number of hydrogen-bond donors (Lipinski definition) is 0. The molecule has 0 saturated heterocycles. The molecule has 1 amide bonds. The fourth-order valence-electron chi connectivity index (χ4n) is 1.73. The van der Waals surface area contributed by atoms with Crippen molar-refractivity contribution in [2.24, 2.45) is 0 Å². The number of rotatable bonds is 3. The predicted molar refractivity (Wildman–Crippen MR) is 82.0 cm³/mol. The summed E-state index contributed by atoms with van der Waals surface area (Å²) in [6.45, 7) is 7.44. The zero-order valence-electron chi connectivity index (χ0n) is 12.9. The third kappa shape index (κ3) is 4.63. The number of halogens is 1. The lowest BCUT2D eigenvalue weighted by Gasteiger charge is -2.27. The second-order valence-corrected chi connectivity index (χ2v) is 5.81. The first-order valence-electron chi connectivity index (χ1n) is 6.58. The summed E-state index contributed by atoms with van der Waals surface area (Å²) in [4.78, 5) is 25.5. The van der Waals surface area contributed by atoms with Crippen molar-refractivity contribution >= 4 is 29.4 Å². The maximum absolute atomic E-state index is 12.3. The summed E-state index contributed by atoms with van der Waals surface area (Å²) in [7, 11) is 1.28. The Hall–Kier alpha value is -1.75. The molecule has 0 radical (unpaired) electrons. The molecule has 5 nitrogen and oxygen atoms in total. The van der Waals surface area contributed by atoms with E-state index in [0.29, 0.717) is 17.3 Å². The molecule has 1 rings (SSSR count). The van der Waals surface area contributed by atoms with Gasteiger partial charge in [-0.1, -0.05) is 11.6 Å². The molecule has 0 spiro atoms. The molecule has 1 aromatic rings. The molecule has 0 aliphatic rings. The smallest absolute Gasteiger partial charge is 0.414 e. The second kappa shape index (κ2) is 6.80. The summed E-state index contributed by atoms with van der Waals surface area (Å²) in [6, 6.07) is 4.64. The molecule has 0 unspecified atom stereocenters. The van der Waals surface area contributed by atoms with Gasteiger partial charge >= 0.3 is 12.1 Å². The number of esters is 1. The fraction of sp³-hybridized carbons (Fsp3) is 0.467. The molecule has 0 atom stereocenters. The van der Waals surface area contributed by atoms with Crippen molar-refractivity contribution < 1.29 is 19.1 Å². The molecular formula is C15H20ClNO4. The van der Waals surface area contributed by atoms with E-state index in [2.05, 4.69) is 0 Å². The minimum Gasteiger partial charge on any atom is -0.465 e. The highest BCUT2D eigenvalue weighted by Gasteiger charge is 2.26. The molecule has 0 aromatic heterocycles. The lowest BCUT2D eigenvalue weighted by molar-refractivity contribution is 0.0580. The van der Waals surface area contributed by atoms with Crippen LogP contribution in [0.4, 0.5) is 10.5 Å². The van der Waals surface area contributed by atoms with Crippen molar-refractivity contribution in [1.29, 1.82) is 0 Å². The van der Waals surface area contributed by atoms with E-state index in [9.17, 15) is 9.59 Å². The van der Waals surface area contributed by atoms with E-state index in [-0.39, 0.29) is 5.56 Å². The van der Waals surface area contributed by atoms with Crippen LogP contribution in [-0.2, 0) is 9.47 Å². The van der Waals surface area contributed by atoms with Crippen LogP contribution in [0.15, 0.2) is 18.2 Å². The summed E-state index contributed by atoms with van der Waals surface area (Å²) < 4.78 is 10.1. The predicted octanol–water partition coefficient (Wildman–Crippen LogP) is 3.89. The quantitative estimate of drug-likeness (QED) is 0.794. The first-order valence-corrected chi connectivity index (χ1v) is 6.95. The van der Waals surface area contributed by atoms with Crippen LogP contribution in [-0.4, -0.2) is 31.3 Å². The highest BCUT2D eigenvalue weighted by molar-refractivity contribution is 6.31. The average Bonchev–Trinajstić information content (AvgIpc) is 2.37. The van der Waals surface area contributed by atoms with E-state index in [1.165, 1.54) is 18.1 Å². The van der Waals surface area contributed by atoms with Gasteiger partial charge in [-0.15, -0.1) is 0 Å². The minimum atomic E-state index is -0.630. The minimum absolute atomic E-state index is 0.259. The average molecular weight is 314 g/mol. The summed E-state index contributed by atoms with van der Waals surface area (Å²) in [5.41, 5.74) is -0.00479. The van der Waals surface area contributed by atoms with Gasteiger partial charge in [-0.3, -0.25) is 4.90 Å². The summed E-state index contributed by atoms with van der Waals surface area (Å²) in [6.07, 6.45) is -0.544. The standard InChI is InChI=1S/C15H20ClNO4/c1-6-17(14(19)21-15(2,3)4)12-9-10(16)7-8-11(12)13(18)20-5/h7-9H,6H2,1-5H3. The zero-order chi connectivity index (χ0) is 16.2. The van der Waals surface area contributed by atoms with E-state index < -0.39 is 17.7 Å². The number of carbonyl (C=O) groups is 2. The number of nitrogens with zero attached hydrogens (tertiary/aromatic N) is 1. The lowest BCUT2D eigenvalue weighted by Crippen LogP contribution is -2.37. The van der Waals surface area contributed by atoms with Crippen molar-refractivity contribution in [3.8, 4) is 0 Å². The topological polar surface area (TPSA) is 55.8 Å². The van der Waals surface area contributed by atoms with Gasteiger partial charge in [-0.05, 0) is 45.9 Å². The van der Waals surface area contributed by atoms with Crippen molar-refractivity contribution in [3.05, 3.63) is 28.8 Å². The second-order valence-electron chi connectivity index (χ2n) is 5.38. The van der Waals surface area contributed by atoms with Gasteiger partial charge in [0.15, 0.2) is 0 Å². The Bertz CT molecular complexity index is 537. The first kappa shape index (κ1) is 17.3. The molecule has 6 heteroatoms. The fourth-order valence-corrected chi connectivity index (χ4v) is 1.89. The first-order chi connectivity index (χ1) is 9.69. The van der Waals surface area contributed by atoms with Crippen LogP contribution in [0.2, 0.25) is 5.02 Å². The largest absolute Gasteiger partial charge is 0.465 e. The van der Waals surface area contributed by atoms with Gasteiger partial charge in [-0.2, -0.15) is 0 Å². The monoisotopic (exact) mass is 313 g/mol. The van der Waals surface area contributed by atoms with E-state index in [0.717, 1.165) is 0 Å². The normalized spacial score (nSPS) is 11.0. The molecular weight excluding hydrogens is 294 g/mol. The van der Waals surface area contributed by atoms with Gasteiger partial charge < -0.3 is 9.47 Å². The third-order valence-corrected chi connectivity index (χ3v) is 2.82. The number of hydrogen-bond acceptors (Lipinski definition) is 4. The Morgan fingerprint density at radius 1 is 1.29 bits per heavy atom. The van der Waals surface area contributed by atoms with E-state index in [4.69, 9.17) is 21.1 Å². The van der Waals surface area contributed by atoms with Crippen LogP contribution in [0, 0.1) is 0 Å².